The van der Waals surface area contributed by atoms with Crippen LogP contribution in [0.1, 0.15) is 0 Å². The van der Waals surface area contributed by atoms with E-state index in [2.05, 4.69) is 228 Å². The Morgan fingerprint density at radius 2 is 0.676 bits per heavy atom. The van der Waals surface area contributed by atoms with E-state index >= 15 is 0 Å². The van der Waals surface area contributed by atoms with Crippen molar-refractivity contribution in [3.8, 4) is 56.4 Å². The van der Waals surface area contributed by atoms with Gasteiger partial charge in [0.25, 0.3) is 0 Å². The molecule has 3 aromatic heterocycles. The van der Waals surface area contributed by atoms with E-state index in [4.69, 9.17) is 9.97 Å². The first kappa shape index (κ1) is 38.2. The molecule has 0 aliphatic carbocycles. The molecule has 0 saturated carbocycles. The van der Waals surface area contributed by atoms with E-state index in [0.717, 1.165) is 50.5 Å². The SMILES string of the molecule is c1ccc(-c2cc(-c3cccc(-n4c5ccccc5c5cc(-c6ccc7c8ccccc8n(-c8ccc9c%10ccccc%10c%10ccccc%10c9c8)c7c6)ccc54)c3)nc(-c3ccccc3)n2)cc1. The Bertz CT molecular complexity index is 4220. The van der Waals surface area contributed by atoms with Gasteiger partial charge in [0, 0.05) is 49.6 Å². The highest BCUT2D eigenvalue weighted by atomic mass is 15.0. The molecule has 0 amide bonds. The van der Waals surface area contributed by atoms with Gasteiger partial charge in [-0.15, -0.1) is 0 Å². The number of aromatic nitrogens is 4. The molecule has 0 radical (unpaired) electrons. The molecule has 0 fully saturated rings. The summed E-state index contributed by atoms with van der Waals surface area (Å²) in [6.45, 7) is 0. The van der Waals surface area contributed by atoms with Gasteiger partial charge in [0.2, 0.25) is 0 Å². The summed E-state index contributed by atoms with van der Waals surface area (Å²) in [5.41, 5.74) is 14.1. The van der Waals surface area contributed by atoms with E-state index in [0.29, 0.717) is 5.82 Å². The number of benzene rings is 11. The largest absolute Gasteiger partial charge is 0.309 e. The average molecular weight is 865 g/mol. The van der Waals surface area contributed by atoms with Gasteiger partial charge in [-0.05, 0) is 104 Å². The maximum Gasteiger partial charge on any atom is 0.160 e. The minimum absolute atomic E-state index is 0.704. The molecule has 0 aliphatic rings. The Labute approximate surface area is 392 Å². The van der Waals surface area contributed by atoms with Gasteiger partial charge in [0.1, 0.15) is 0 Å². The third-order valence-electron chi connectivity index (χ3n) is 13.9. The van der Waals surface area contributed by atoms with Crippen molar-refractivity contribution < 1.29 is 0 Å². The Morgan fingerprint density at radius 3 is 1.37 bits per heavy atom. The molecule has 0 aliphatic heterocycles. The van der Waals surface area contributed by atoms with Crippen LogP contribution in [0, 0.1) is 0 Å². The summed E-state index contributed by atoms with van der Waals surface area (Å²) in [7, 11) is 0. The zero-order valence-corrected chi connectivity index (χ0v) is 36.9. The van der Waals surface area contributed by atoms with E-state index in [1.807, 2.05) is 24.3 Å². The summed E-state index contributed by atoms with van der Waals surface area (Å²) in [5, 5.41) is 12.5. The molecule has 11 aromatic carbocycles. The zero-order valence-electron chi connectivity index (χ0n) is 36.9. The molecule has 0 saturated heterocycles. The van der Waals surface area contributed by atoms with Crippen LogP contribution in [0.15, 0.2) is 243 Å². The van der Waals surface area contributed by atoms with Crippen LogP contribution in [-0.4, -0.2) is 19.1 Å². The smallest absolute Gasteiger partial charge is 0.160 e. The third kappa shape index (κ3) is 6.01. The lowest BCUT2D eigenvalue weighted by Crippen LogP contribution is -1.97. The van der Waals surface area contributed by atoms with Gasteiger partial charge < -0.3 is 9.13 Å². The standard InChI is InChI=1S/C64H40N4/c1-3-16-41(17-4-1)58-40-59(66-64(65-58)42-18-5-2-6-19-42)45-20-15-21-46(36-45)67-61-29-14-12-27-54(61)57-37-43(31-35-62(57)67)44-30-33-55-53-26-11-13-28-60(53)68(63(55)38-44)47-32-34-52-50-24-8-7-22-48(50)49-23-9-10-25-51(49)56(52)39-47/h1-40H. The second-order valence-electron chi connectivity index (χ2n) is 17.7. The van der Waals surface area contributed by atoms with E-state index in [1.165, 1.54) is 76.0 Å². The number of rotatable bonds is 6. The highest BCUT2D eigenvalue weighted by molar-refractivity contribution is 6.25. The number of para-hydroxylation sites is 2. The molecule has 3 heterocycles. The molecule has 14 rings (SSSR count). The lowest BCUT2D eigenvalue weighted by atomic mass is 9.94. The summed E-state index contributed by atoms with van der Waals surface area (Å²) < 4.78 is 4.85. The van der Waals surface area contributed by atoms with Crippen LogP contribution in [0.5, 0.6) is 0 Å². The first-order chi connectivity index (χ1) is 33.7. The van der Waals surface area contributed by atoms with E-state index in [-0.39, 0.29) is 0 Å². The van der Waals surface area contributed by atoms with Gasteiger partial charge in [-0.2, -0.15) is 0 Å². The summed E-state index contributed by atoms with van der Waals surface area (Å²) >= 11 is 0. The van der Waals surface area contributed by atoms with Crippen LogP contribution < -0.4 is 0 Å². The topological polar surface area (TPSA) is 35.6 Å². The highest BCUT2D eigenvalue weighted by Gasteiger charge is 2.19. The minimum Gasteiger partial charge on any atom is -0.309 e. The second-order valence-corrected chi connectivity index (χ2v) is 17.7. The normalized spacial score (nSPS) is 11.8. The molecule has 4 heteroatoms. The molecular weight excluding hydrogens is 825 g/mol. The number of fused-ring (bicyclic) bond motifs is 12. The first-order valence-corrected chi connectivity index (χ1v) is 23.2. The summed E-state index contributed by atoms with van der Waals surface area (Å²) in [6, 6.07) is 87.6. The van der Waals surface area contributed by atoms with E-state index in [9.17, 15) is 0 Å². The third-order valence-corrected chi connectivity index (χ3v) is 13.9. The van der Waals surface area contributed by atoms with Crippen molar-refractivity contribution in [2.75, 3.05) is 0 Å². The predicted octanol–water partition coefficient (Wildman–Crippen LogP) is 16.8. The fourth-order valence-electron chi connectivity index (χ4n) is 10.8. The molecular formula is C64H40N4. The van der Waals surface area contributed by atoms with Gasteiger partial charge >= 0.3 is 0 Å². The van der Waals surface area contributed by atoms with Gasteiger partial charge in [0.05, 0.1) is 33.5 Å². The quantitative estimate of drug-likeness (QED) is 0.156. The van der Waals surface area contributed by atoms with E-state index in [1.54, 1.807) is 0 Å². The maximum atomic E-state index is 5.17. The summed E-state index contributed by atoms with van der Waals surface area (Å²) in [5.74, 6) is 0.704. The van der Waals surface area contributed by atoms with Gasteiger partial charge in [0.15, 0.2) is 5.82 Å². The zero-order chi connectivity index (χ0) is 44.7. The van der Waals surface area contributed by atoms with Gasteiger partial charge in [-0.1, -0.05) is 182 Å². The molecule has 0 spiro atoms. The van der Waals surface area contributed by atoms with E-state index < -0.39 is 0 Å². The van der Waals surface area contributed by atoms with Crippen molar-refractivity contribution in [2.45, 2.75) is 0 Å². The molecule has 0 N–H and O–H groups in total. The van der Waals surface area contributed by atoms with Crippen molar-refractivity contribution in [3.05, 3.63) is 243 Å². The van der Waals surface area contributed by atoms with Crippen molar-refractivity contribution in [1.29, 1.82) is 0 Å². The minimum atomic E-state index is 0.704. The Morgan fingerprint density at radius 1 is 0.221 bits per heavy atom. The molecule has 0 bridgehead atoms. The Hall–Kier alpha value is -9.12. The fourth-order valence-corrected chi connectivity index (χ4v) is 10.8. The molecule has 4 nitrogen and oxygen atoms in total. The molecule has 68 heavy (non-hydrogen) atoms. The fraction of sp³-hybridized carbons (Fsp3) is 0. The van der Waals surface area contributed by atoms with Gasteiger partial charge in [-0.3, -0.25) is 0 Å². The average Bonchev–Trinajstić information content (AvgIpc) is 3.93. The second kappa shape index (κ2) is 15.2. The van der Waals surface area contributed by atoms with Crippen LogP contribution in [0.3, 0.4) is 0 Å². The monoisotopic (exact) mass is 864 g/mol. The maximum absolute atomic E-state index is 5.17. The number of hydrogen-bond donors (Lipinski definition) is 0. The van der Waals surface area contributed by atoms with Crippen LogP contribution in [0.25, 0.3) is 132 Å². The Kier molecular flexibility index (Phi) is 8.55. The number of hydrogen-bond acceptors (Lipinski definition) is 2. The van der Waals surface area contributed by atoms with Crippen LogP contribution in [0.2, 0.25) is 0 Å². The predicted molar refractivity (Wildman–Crippen MR) is 285 cm³/mol. The lowest BCUT2D eigenvalue weighted by molar-refractivity contribution is 1.16. The van der Waals surface area contributed by atoms with Gasteiger partial charge in [-0.25, -0.2) is 9.97 Å². The molecule has 0 unspecified atom stereocenters. The van der Waals surface area contributed by atoms with Crippen molar-refractivity contribution in [1.82, 2.24) is 19.1 Å². The summed E-state index contributed by atoms with van der Waals surface area (Å²) in [4.78, 5) is 10.2. The van der Waals surface area contributed by atoms with Crippen LogP contribution >= 0.6 is 0 Å². The lowest BCUT2D eigenvalue weighted by Gasteiger charge is -2.14. The number of nitrogens with zero attached hydrogens (tertiary/aromatic N) is 4. The van der Waals surface area contributed by atoms with Crippen molar-refractivity contribution in [2.24, 2.45) is 0 Å². The highest BCUT2D eigenvalue weighted by Crippen LogP contribution is 2.41. The molecule has 14 aromatic rings. The summed E-state index contributed by atoms with van der Waals surface area (Å²) in [6.07, 6.45) is 0. The van der Waals surface area contributed by atoms with Crippen molar-refractivity contribution in [3.63, 3.8) is 0 Å². The molecule has 316 valence electrons. The van der Waals surface area contributed by atoms with Crippen molar-refractivity contribution >= 4 is 75.9 Å². The molecule has 0 atom stereocenters. The first-order valence-electron chi connectivity index (χ1n) is 23.2. The van der Waals surface area contributed by atoms with Crippen LogP contribution in [0.4, 0.5) is 0 Å². The van der Waals surface area contributed by atoms with Crippen LogP contribution in [-0.2, 0) is 0 Å². The Balaban J connectivity index is 0.912.